The van der Waals surface area contributed by atoms with Crippen molar-refractivity contribution in [1.82, 2.24) is 14.1 Å². The average Bonchev–Trinajstić information content (AvgIpc) is 3.65. The van der Waals surface area contributed by atoms with Crippen LogP contribution in [-0.4, -0.2) is 14.1 Å². The first-order chi connectivity index (χ1) is 19.4. The number of hydrogen-bond acceptors (Lipinski definition) is 2. The fourth-order valence-electron chi connectivity index (χ4n) is 6.37. The first-order valence-electron chi connectivity index (χ1n) is 13.2. The minimum Gasteiger partial charge on any atom is -0.308 e. The van der Waals surface area contributed by atoms with Crippen LogP contribution in [0.4, 0.5) is 0 Å². The number of pyridine rings is 1. The molecule has 0 spiro atoms. The minimum absolute atomic E-state index is 1.05. The van der Waals surface area contributed by atoms with E-state index in [9.17, 15) is 0 Å². The van der Waals surface area contributed by atoms with Gasteiger partial charge in [-0.1, -0.05) is 84.9 Å². The lowest BCUT2D eigenvalue weighted by molar-refractivity contribution is 1.19. The van der Waals surface area contributed by atoms with Gasteiger partial charge in [-0.05, 0) is 36.4 Å². The van der Waals surface area contributed by atoms with Gasteiger partial charge in [-0.3, -0.25) is 4.98 Å². The number of benzene rings is 5. The van der Waals surface area contributed by atoms with Crippen LogP contribution in [-0.2, 0) is 0 Å². The van der Waals surface area contributed by atoms with Crippen molar-refractivity contribution < 1.29 is 0 Å². The number of nitrogens with zero attached hydrogens (tertiary/aromatic N) is 3. The van der Waals surface area contributed by atoms with Gasteiger partial charge in [0.2, 0.25) is 0 Å². The molecule has 0 amide bonds. The zero-order valence-electron chi connectivity index (χ0n) is 20.9. The van der Waals surface area contributed by atoms with Crippen molar-refractivity contribution in [3.8, 4) is 11.4 Å². The zero-order valence-corrected chi connectivity index (χ0v) is 21.7. The lowest BCUT2D eigenvalue weighted by atomic mass is 10.2. The molecule has 182 valence electrons. The number of fused-ring (bicyclic) bond motifs is 9. The fourth-order valence-corrected chi connectivity index (χ4v) is 7.63. The van der Waals surface area contributed by atoms with Crippen LogP contribution in [0.2, 0.25) is 0 Å². The lowest BCUT2D eigenvalue weighted by Crippen LogP contribution is -1.94. The van der Waals surface area contributed by atoms with Crippen LogP contribution in [0.3, 0.4) is 0 Å². The SMILES string of the molecule is c1cc(-n2c3ccccc3c3ccccc32)c2sc3c(-n4c5ccccc5c5ccccc54)ccnc3c2c1. The molecule has 4 aromatic heterocycles. The van der Waals surface area contributed by atoms with E-state index in [1.807, 2.05) is 17.5 Å². The Balaban J connectivity index is 1.41. The molecular formula is C35H21N3S. The smallest absolute Gasteiger partial charge is 0.0910 e. The molecule has 0 N–H and O–H groups in total. The molecule has 0 aliphatic heterocycles. The van der Waals surface area contributed by atoms with Crippen molar-refractivity contribution in [2.75, 3.05) is 0 Å². The molecule has 5 aromatic carbocycles. The van der Waals surface area contributed by atoms with Gasteiger partial charge < -0.3 is 9.13 Å². The molecule has 0 radical (unpaired) electrons. The Labute approximate surface area is 227 Å². The highest BCUT2D eigenvalue weighted by atomic mass is 32.1. The Kier molecular flexibility index (Phi) is 4.21. The first kappa shape index (κ1) is 21.1. The van der Waals surface area contributed by atoms with Crippen LogP contribution in [0.5, 0.6) is 0 Å². The maximum atomic E-state index is 4.93. The van der Waals surface area contributed by atoms with E-state index < -0.39 is 0 Å². The van der Waals surface area contributed by atoms with Gasteiger partial charge in [0.25, 0.3) is 0 Å². The van der Waals surface area contributed by atoms with Crippen molar-refractivity contribution >= 4 is 75.3 Å². The Morgan fingerprint density at radius 3 is 1.36 bits per heavy atom. The summed E-state index contributed by atoms with van der Waals surface area (Å²) in [6.07, 6.45) is 1.96. The Morgan fingerprint density at radius 1 is 0.410 bits per heavy atom. The second kappa shape index (κ2) is 7.79. The molecule has 0 fully saturated rings. The average molecular weight is 516 g/mol. The van der Waals surface area contributed by atoms with E-state index in [1.165, 1.54) is 69.8 Å². The van der Waals surface area contributed by atoms with Crippen LogP contribution in [0.25, 0.3) is 75.3 Å². The summed E-state index contributed by atoms with van der Waals surface area (Å²) in [7, 11) is 0. The highest BCUT2D eigenvalue weighted by Gasteiger charge is 2.20. The molecule has 9 aromatic rings. The van der Waals surface area contributed by atoms with E-state index in [4.69, 9.17) is 4.98 Å². The summed E-state index contributed by atoms with van der Waals surface area (Å²) in [4.78, 5) is 4.93. The summed E-state index contributed by atoms with van der Waals surface area (Å²) in [5, 5.41) is 6.28. The highest BCUT2D eigenvalue weighted by Crippen LogP contribution is 2.43. The monoisotopic (exact) mass is 515 g/mol. The van der Waals surface area contributed by atoms with Gasteiger partial charge in [0.1, 0.15) is 0 Å². The summed E-state index contributed by atoms with van der Waals surface area (Å²) in [6, 6.07) is 43.6. The molecule has 9 rings (SSSR count). The van der Waals surface area contributed by atoms with Crippen LogP contribution in [0.15, 0.2) is 128 Å². The third-order valence-electron chi connectivity index (χ3n) is 7.98. The van der Waals surface area contributed by atoms with E-state index >= 15 is 0 Å². The molecule has 4 heteroatoms. The molecule has 0 atom stereocenters. The molecule has 4 heterocycles. The number of rotatable bonds is 2. The van der Waals surface area contributed by atoms with E-state index in [0.29, 0.717) is 0 Å². The minimum atomic E-state index is 1.05. The van der Waals surface area contributed by atoms with Crippen molar-refractivity contribution in [1.29, 1.82) is 0 Å². The van der Waals surface area contributed by atoms with Crippen LogP contribution >= 0.6 is 11.3 Å². The van der Waals surface area contributed by atoms with E-state index in [1.54, 1.807) is 0 Å². The number of hydrogen-bond donors (Lipinski definition) is 0. The molecule has 0 aliphatic rings. The van der Waals surface area contributed by atoms with Crippen LogP contribution in [0.1, 0.15) is 0 Å². The van der Waals surface area contributed by atoms with Gasteiger partial charge in [-0.15, -0.1) is 11.3 Å². The molecule has 3 nitrogen and oxygen atoms in total. The zero-order chi connectivity index (χ0) is 25.5. The van der Waals surface area contributed by atoms with Gasteiger partial charge in [-0.25, -0.2) is 0 Å². The summed E-state index contributed by atoms with van der Waals surface area (Å²) in [5.41, 5.74) is 8.29. The number of aromatic nitrogens is 3. The summed E-state index contributed by atoms with van der Waals surface area (Å²) >= 11 is 1.84. The van der Waals surface area contributed by atoms with E-state index in [0.717, 1.165) is 5.52 Å². The standard InChI is InChI=1S/C35H21N3S/c1-5-15-27-22(10-1)23-11-2-6-16-28(23)37(27)31-19-9-14-26-33-35(39-34(26)31)32(20-21-36-33)38-29-17-7-3-12-24(29)25-13-4-8-18-30(25)38/h1-21H. The first-order valence-corrected chi connectivity index (χ1v) is 14.0. The second-order valence-electron chi connectivity index (χ2n) is 10.0. The highest BCUT2D eigenvalue weighted by molar-refractivity contribution is 7.26. The van der Waals surface area contributed by atoms with Crippen molar-refractivity contribution in [2.45, 2.75) is 0 Å². The predicted octanol–water partition coefficient (Wildman–Crippen LogP) is 9.64. The second-order valence-corrected chi connectivity index (χ2v) is 11.0. The van der Waals surface area contributed by atoms with Crippen molar-refractivity contribution in [3.05, 3.63) is 128 Å². The van der Waals surface area contributed by atoms with Gasteiger partial charge >= 0.3 is 0 Å². The summed E-state index contributed by atoms with van der Waals surface area (Å²) < 4.78 is 7.28. The topological polar surface area (TPSA) is 22.8 Å². The largest absolute Gasteiger partial charge is 0.308 e. The molecule has 0 bridgehead atoms. The maximum absolute atomic E-state index is 4.93. The van der Waals surface area contributed by atoms with Gasteiger partial charge in [0.15, 0.2) is 0 Å². The van der Waals surface area contributed by atoms with Gasteiger partial charge in [0.05, 0.1) is 48.4 Å². The van der Waals surface area contributed by atoms with Gasteiger partial charge in [-0.2, -0.15) is 0 Å². The third-order valence-corrected chi connectivity index (χ3v) is 9.22. The maximum Gasteiger partial charge on any atom is 0.0910 e. The summed E-state index contributed by atoms with van der Waals surface area (Å²) in [6.45, 7) is 0. The van der Waals surface area contributed by atoms with Gasteiger partial charge in [0, 0.05) is 33.1 Å². The molecule has 0 unspecified atom stereocenters. The molecule has 0 saturated carbocycles. The normalized spacial score (nSPS) is 12.1. The van der Waals surface area contributed by atoms with E-state index in [2.05, 4.69) is 130 Å². The Hall–Kier alpha value is -4.93. The Bertz CT molecular complexity index is 2130. The predicted molar refractivity (Wildman–Crippen MR) is 166 cm³/mol. The molecule has 39 heavy (non-hydrogen) atoms. The van der Waals surface area contributed by atoms with Crippen molar-refractivity contribution in [2.24, 2.45) is 0 Å². The van der Waals surface area contributed by atoms with Crippen LogP contribution < -0.4 is 0 Å². The number of thiophene rings is 1. The number of para-hydroxylation sites is 4. The van der Waals surface area contributed by atoms with Crippen LogP contribution in [0, 0.1) is 0 Å². The lowest BCUT2D eigenvalue weighted by Gasteiger charge is -2.09. The van der Waals surface area contributed by atoms with E-state index in [-0.39, 0.29) is 0 Å². The summed E-state index contributed by atoms with van der Waals surface area (Å²) in [5.74, 6) is 0. The molecule has 0 aliphatic carbocycles. The quantitative estimate of drug-likeness (QED) is 0.225. The molecule has 0 saturated heterocycles. The van der Waals surface area contributed by atoms with Crippen molar-refractivity contribution in [3.63, 3.8) is 0 Å². The third kappa shape index (κ3) is 2.78. The fraction of sp³-hybridized carbons (Fsp3) is 0. The Morgan fingerprint density at radius 2 is 0.846 bits per heavy atom. The molecular weight excluding hydrogens is 494 g/mol.